The standard InChI is InChI=1S/C12H16ClNO4/c1-6-4-9(17-2)11(18-3)7(10(6)13)5-8(14)12(15)16/h4,8H,5,14H2,1-3H3,(H,15,16). The lowest BCUT2D eigenvalue weighted by Gasteiger charge is -2.17. The van der Waals surface area contributed by atoms with E-state index in [4.69, 9.17) is 31.9 Å². The van der Waals surface area contributed by atoms with Crippen LogP contribution in [0.3, 0.4) is 0 Å². The summed E-state index contributed by atoms with van der Waals surface area (Å²) >= 11 is 6.17. The van der Waals surface area contributed by atoms with Gasteiger partial charge < -0.3 is 20.3 Å². The molecule has 0 saturated heterocycles. The smallest absolute Gasteiger partial charge is 0.320 e. The van der Waals surface area contributed by atoms with Crippen LogP contribution < -0.4 is 15.2 Å². The predicted molar refractivity (Wildman–Crippen MR) is 68.6 cm³/mol. The summed E-state index contributed by atoms with van der Waals surface area (Å²) in [5.41, 5.74) is 6.85. The molecule has 5 nitrogen and oxygen atoms in total. The number of hydrogen-bond donors (Lipinski definition) is 2. The summed E-state index contributed by atoms with van der Waals surface area (Å²) in [6, 6.07) is 0.694. The number of carboxylic acids is 1. The Labute approximate surface area is 110 Å². The maximum atomic E-state index is 10.8. The maximum Gasteiger partial charge on any atom is 0.320 e. The molecule has 100 valence electrons. The van der Waals surface area contributed by atoms with Crippen molar-refractivity contribution in [3.05, 3.63) is 22.2 Å². The van der Waals surface area contributed by atoms with E-state index < -0.39 is 12.0 Å². The van der Waals surface area contributed by atoms with E-state index in [1.807, 2.05) is 0 Å². The number of benzene rings is 1. The van der Waals surface area contributed by atoms with Gasteiger partial charge in [0.15, 0.2) is 11.5 Å². The van der Waals surface area contributed by atoms with Gasteiger partial charge in [0.2, 0.25) is 0 Å². The summed E-state index contributed by atoms with van der Waals surface area (Å²) in [4.78, 5) is 10.8. The Morgan fingerprint density at radius 2 is 2.11 bits per heavy atom. The van der Waals surface area contributed by atoms with Crippen molar-refractivity contribution in [3.63, 3.8) is 0 Å². The van der Waals surface area contributed by atoms with Gasteiger partial charge in [0.1, 0.15) is 6.04 Å². The number of ether oxygens (including phenoxy) is 2. The summed E-state index contributed by atoms with van der Waals surface area (Å²) in [7, 11) is 2.98. The first-order valence-corrected chi connectivity index (χ1v) is 5.68. The number of methoxy groups -OCH3 is 2. The third-order valence-corrected chi connectivity index (χ3v) is 3.15. The van der Waals surface area contributed by atoms with Crippen molar-refractivity contribution in [1.29, 1.82) is 0 Å². The molecule has 1 unspecified atom stereocenters. The zero-order chi connectivity index (χ0) is 13.9. The van der Waals surface area contributed by atoms with Gasteiger partial charge in [0, 0.05) is 12.0 Å². The Hall–Kier alpha value is -1.46. The van der Waals surface area contributed by atoms with Gasteiger partial charge in [-0.1, -0.05) is 11.6 Å². The van der Waals surface area contributed by atoms with E-state index in [0.29, 0.717) is 22.1 Å². The quantitative estimate of drug-likeness (QED) is 0.852. The summed E-state index contributed by atoms with van der Waals surface area (Å²) in [6.45, 7) is 1.81. The number of aliphatic carboxylic acids is 1. The molecule has 0 amide bonds. The second kappa shape index (κ2) is 5.93. The van der Waals surface area contributed by atoms with E-state index in [1.54, 1.807) is 13.0 Å². The first kappa shape index (κ1) is 14.6. The second-order valence-corrected chi connectivity index (χ2v) is 4.25. The average molecular weight is 274 g/mol. The Morgan fingerprint density at radius 3 is 2.56 bits per heavy atom. The van der Waals surface area contributed by atoms with Crippen LogP contribution in [0.2, 0.25) is 5.02 Å². The SMILES string of the molecule is COc1cc(C)c(Cl)c(CC(N)C(=O)O)c1OC. The molecular weight excluding hydrogens is 258 g/mol. The second-order valence-electron chi connectivity index (χ2n) is 3.87. The van der Waals surface area contributed by atoms with Gasteiger partial charge in [-0.2, -0.15) is 0 Å². The fraction of sp³-hybridized carbons (Fsp3) is 0.417. The molecule has 0 aliphatic heterocycles. The minimum atomic E-state index is -1.09. The van der Waals surface area contributed by atoms with Gasteiger partial charge in [0.25, 0.3) is 0 Å². The van der Waals surface area contributed by atoms with E-state index in [0.717, 1.165) is 5.56 Å². The van der Waals surface area contributed by atoms with E-state index in [1.165, 1.54) is 14.2 Å². The van der Waals surface area contributed by atoms with Crippen molar-refractivity contribution in [1.82, 2.24) is 0 Å². The molecule has 1 rings (SSSR count). The molecule has 0 radical (unpaired) electrons. The van der Waals surface area contributed by atoms with Crippen LogP contribution in [0.25, 0.3) is 0 Å². The summed E-state index contributed by atoms with van der Waals surface area (Å²) in [5, 5.41) is 9.30. The molecular formula is C12H16ClNO4. The molecule has 3 N–H and O–H groups in total. The molecule has 0 spiro atoms. The van der Waals surface area contributed by atoms with Crippen LogP contribution in [-0.2, 0) is 11.2 Å². The normalized spacial score (nSPS) is 12.1. The zero-order valence-electron chi connectivity index (χ0n) is 10.5. The lowest BCUT2D eigenvalue weighted by molar-refractivity contribution is -0.138. The van der Waals surface area contributed by atoms with Crippen LogP contribution in [0.4, 0.5) is 0 Å². The van der Waals surface area contributed by atoms with Crippen molar-refractivity contribution in [2.24, 2.45) is 5.73 Å². The van der Waals surface area contributed by atoms with Crippen molar-refractivity contribution >= 4 is 17.6 Å². The van der Waals surface area contributed by atoms with Crippen molar-refractivity contribution < 1.29 is 19.4 Å². The van der Waals surface area contributed by atoms with Gasteiger partial charge in [-0.25, -0.2) is 0 Å². The van der Waals surface area contributed by atoms with Crippen LogP contribution >= 0.6 is 11.6 Å². The Bertz CT molecular complexity index is 462. The van der Waals surface area contributed by atoms with Crippen LogP contribution in [-0.4, -0.2) is 31.3 Å². The number of hydrogen-bond acceptors (Lipinski definition) is 4. The fourth-order valence-corrected chi connectivity index (χ4v) is 1.89. The predicted octanol–water partition coefficient (Wildman–Crippen LogP) is 1.62. The highest BCUT2D eigenvalue weighted by Crippen LogP contribution is 2.38. The molecule has 1 aromatic carbocycles. The average Bonchev–Trinajstić information content (AvgIpc) is 2.34. The number of aryl methyl sites for hydroxylation is 1. The molecule has 0 aliphatic rings. The molecule has 0 fully saturated rings. The largest absolute Gasteiger partial charge is 0.493 e. The minimum Gasteiger partial charge on any atom is -0.493 e. The fourth-order valence-electron chi connectivity index (χ4n) is 1.68. The van der Waals surface area contributed by atoms with Gasteiger partial charge >= 0.3 is 5.97 Å². The highest BCUT2D eigenvalue weighted by Gasteiger charge is 2.21. The monoisotopic (exact) mass is 273 g/mol. The number of rotatable bonds is 5. The summed E-state index contributed by atoms with van der Waals surface area (Å²) in [6.07, 6.45) is 0.0787. The molecule has 18 heavy (non-hydrogen) atoms. The molecule has 0 bridgehead atoms. The first-order chi connectivity index (χ1) is 8.42. The van der Waals surface area contributed by atoms with Crippen molar-refractivity contribution in [2.75, 3.05) is 14.2 Å². The minimum absolute atomic E-state index is 0.0787. The molecule has 0 aromatic heterocycles. The number of nitrogens with two attached hydrogens (primary N) is 1. The Balaban J connectivity index is 3.30. The maximum absolute atomic E-state index is 10.8. The molecule has 0 heterocycles. The summed E-state index contributed by atoms with van der Waals surface area (Å²) in [5.74, 6) is -0.162. The van der Waals surface area contributed by atoms with Gasteiger partial charge in [-0.15, -0.1) is 0 Å². The number of carbonyl (C=O) groups is 1. The number of halogens is 1. The highest BCUT2D eigenvalue weighted by molar-refractivity contribution is 6.32. The highest BCUT2D eigenvalue weighted by atomic mass is 35.5. The lowest BCUT2D eigenvalue weighted by Crippen LogP contribution is -2.32. The van der Waals surface area contributed by atoms with E-state index in [-0.39, 0.29) is 6.42 Å². The molecule has 1 atom stereocenters. The van der Waals surface area contributed by atoms with Crippen molar-refractivity contribution in [2.45, 2.75) is 19.4 Å². The first-order valence-electron chi connectivity index (χ1n) is 5.30. The van der Waals surface area contributed by atoms with E-state index in [9.17, 15) is 4.79 Å². The topological polar surface area (TPSA) is 81.8 Å². The van der Waals surface area contributed by atoms with E-state index >= 15 is 0 Å². The molecule has 0 saturated carbocycles. The molecule has 0 aliphatic carbocycles. The van der Waals surface area contributed by atoms with Crippen LogP contribution in [0.1, 0.15) is 11.1 Å². The molecule has 1 aromatic rings. The van der Waals surface area contributed by atoms with E-state index in [2.05, 4.69) is 0 Å². The Morgan fingerprint density at radius 1 is 1.50 bits per heavy atom. The van der Waals surface area contributed by atoms with Crippen LogP contribution in [0.15, 0.2) is 6.07 Å². The van der Waals surface area contributed by atoms with Gasteiger partial charge in [-0.3, -0.25) is 4.79 Å². The third kappa shape index (κ3) is 2.86. The number of carboxylic acid groups (broad SMARTS) is 1. The lowest BCUT2D eigenvalue weighted by atomic mass is 10.0. The van der Waals surface area contributed by atoms with Crippen LogP contribution in [0.5, 0.6) is 11.5 Å². The summed E-state index contributed by atoms with van der Waals surface area (Å²) < 4.78 is 10.4. The van der Waals surface area contributed by atoms with Gasteiger partial charge in [0.05, 0.1) is 19.2 Å². The van der Waals surface area contributed by atoms with Gasteiger partial charge in [-0.05, 0) is 18.6 Å². The zero-order valence-corrected chi connectivity index (χ0v) is 11.2. The Kier molecular flexibility index (Phi) is 4.81. The van der Waals surface area contributed by atoms with Crippen molar-refractivity contribution in [3.8, 4) is 11.5 Å². The third-order valence-electron chi connectivity index (χ3n) is 2.62. The van der Waals surface area contributed by atoms with Crippen LogP contribution in [0, 0.1) is 6.92 Å². The molecule has 6 heteroatoms.